The lowest BCUT2D eigenvalue weighted by atomic mass is 10.3. The third kappa shape index (κ3) is 2.85. The SMILES string of the molecule is CS(=O)(=O)c1c(N2CCNCC2)nn(CC(=O)O)c1N. The van der Waals surface area contributed by atoms with Gasteiger partial charge in [0.25, 0.3) is 0 Å². The van der Waals surface area contributed by atoms with Crippen LogP contribution in [-0.4, -0.2) is 61.7 Å². The van der Waals surface area contributed by atoms with Crippen LogP contribution in [0.5, 0.6) is 0 Å². The summed E-state index contributed by atoms with van der Waals surface area (Å²) < 4.78 is 24.8. The average molecular weight is 303 g/mol. The molecule has 1 aromatic rings. The van der Waals surface area contributed by atoms with Crippen LogP contribution >= 0.6 is 0 Å². The highest BCUT2D eigenvalue weighted by Crippen LogP contribution is 2.30. The van der Waals surface area contributed by atoms with E-state index >= 15 is 0 Å². The molecule has 0 saturated carbocycles. The molecule has 0 spiro atoms. The van der Waals surface area contributed by atoms with Crippen LogP contribution in [0.25, 0.3) is 0 Å². The second kappa shape index (κ2) is 5.29. The molecule has 10 heteroatoms. The molecule has 1 aromatic heterocycles. The van der Waals surface area contributed by atoms with Gasteiger partial charge in [0, 0.05) is 32.4 Å². The van der Waals surface area contributed by atoms with Gasteiger partial charge in [-0.05, 0) is 0 Å². The number of sulfone groups is 1. The Labute approximate surface area is 116 Å². The first-order chi connectivity index (χ1) is 9.30. The highest BCUT2D eigenvalue weighted by atomic mass is 32.2. The lowest BCUT2D eigenvalue weighted by molar-refractivity contribution is -0.137. The highest BCUT2D eigenvalue weighted by Gasteiger charge is 2.28. The van der Waals surface area contributed by atoms with Crippen molar-refractivity contribution in [1.82, 2.24) is 15.1 Å². The van der Waals surface area contributed by atoms with Crippen molar-refractivity contribution in [2.75, 3.05) is 43.1 Å². The lowest BCUT2D eigenvalue weighted by Crippen LogP contribution is -2.44. The van der Waals surface area contributed by atoms with Gasteiger partial charge in [-0.1, -0.05) is 0 Å². The Kier molecular flexibility index (Phi) is 3.86. The zero-order valence-corrected chi connectivity index (χ0v) is 11.9. The molecular weight excluding hydrogens is 286 g/mol. The number of nitrogens with zero attached hydrogens (tertiary/aromatic N) is 3. The Hall–Kier alpha value is -1.81. The van der Waals surface area contributed by atoms with Crippen LogP contribution in [0.15, 0.2) is 4.90 Å². The molecule has 0 radical (unpaired) electrons. The van der Waals surface area contributed by atoms with E-state index in [1.165, 1.54) is 0 Å². The summed E-state index contributed by atoms with van der Waals surface area (Å²) in [6, 6.07) is 0. The van der Waals surface area contributed by atoms with E-state index in [4.69, 9.17) is 10.8 Å². The maximum atomic E-state index is 11.9. The summed E-state index contributed by atoms with van der Waals surface area (Å²) in [5.41, 5.74) is 5.76. The highest BCUT2D eigenvalue weighted by molar-refractivity contribution is 7.91. The number of carboxylic acid groups (broad SMARTS) is 1. The van der Waals surface area contributed by atoms with E-state index in [1.54, 1.807) is 4.90 Å². The van der Waals surface area contributed by atoms with E-state index in [2.05, 4.69) is 10.4 Å². The Morgan fingerprint density at radius 3 is 2.55 bits per heavy atom. The van der Waals surface area contributed by atoms with Gasteiger partial charge in [0.05, 0.1) is 0 Å². The standard InChI is InChI=1S/C10H17N5O4S/c1-20(18,19)8-9(11)15(6-7(16)17)13-10(8)14-4-2-12-3-5-14/h12H,2-6,11H2,1H3,(H,16,17). The Bertz CT molecular complexity index is 618. The van der Waals surface area contributed by atoms with Crippen molar-refractivity contribution >= 4 is 27.4 Å². The molecule has 0 aromatic carbocycles. The summed E-state index contributed by atoms with van der Waals surface area (Å²) in [5, 5.41) is 16.0. The van der Waals surface area contributed by atoms with Gasteiger partial charge in [0.2, 0.25) is 0 Å². The summed E-state index contributed by atoms with van der Waals surface area (Å²) in [6.07, 6.45) is 1.04. The van der Waals surface area contributed by atoms with Crippen LogP contribution in [0.2, 0.25) is 0 Å². The topological polar surface area (TPSA) is 131 Å². The summed E-state index contributed by atoms with van der Waals surface area (Å²) in [4.78, 5) is 12.5. The second-order valence-electron chi connectivity index (χ2n) is 4.60. The van der Waals surface area contributed by atoms with Crippen LogP contribution in [0.1, 0.15) is 0 Å². The maximum Gasteiger partial charge on any atom is 0.325 e. The van der Waals surface area contributed by atoms with Crippen molar-refractivity contribution in [2.45, 2.75) is 11.4 Å². The minimum atomic E-state index is -3.59. The first-order valence-corrected chi connectivity index (χ1v) is 7.93. The third-order valence-corrected chi connectivity index (χ3v) is 4.13. The van der Waals surface area contributed by atoms with E-state index in [0.717, 1.165) is 10.9 Å². The molecule has 112 valence electrons. The van der Waals surface area contributed by atoms with E-state index in [1.807, 2.05) is 0 Å². The fourth-order valence-corrected chi connectivity index (χ4v) is 3.12. The monoisotopic (exact) mass is 303 g/mol. The van der Waals surface area contributed by atoms with Crippen LogP contribution in [-0.2, 0) is 21.2 Å². The van der Waals surface area contributed by atoms with Crippen LogP contribution < -0.4 is 16.0 Å². The first-order valence-electron chi connectivity index (χ1n) is 6.04. The number of nitrogens with two attached hydrogens (primary N) is 1. The van der Waals surface area contributed by atoms with E-state index in [9.17, 15) is 13.2 Å². The number of carbonyl (C=O) groups is 1. The number of hydrogen-bond donors (Lipinski definition) is 3. The molecule has 4 N–H and O–H groups in total. The zero-order chi connectivity index (χ0) is 14.9. The van der Waals surface area contributed by atoms with E-state index in [-0.39, 0.29) is 16.5 Å². The molecule has 1 aliphatic rings. The van der Waals surface area contributed by atoms with Gasteiger partial charge in [-0.15, -0.1) is 0 Å². The quantitative estimate of drug-likeness (QED) is 0.604. The van der Waals surface area contributed by atoms with Crippen LogP contribution in [0.3, 0.4) is 0 Å². The average Bonchev–Trinajstić information content (AvgIpc) is 2.67. The molecule has 1 aliphatic heterocycles. The molecule has 0 bridgehead atoms. The molecule has 0 aliphatic carbocycles. The summed E-state index contributed by atoms with van der Waals surface area (Å²) in [7, 11) is -3.59. The first kappa shape index (κ1) is 14.6. The molecule has 2 heterocycles. The van der Waals surface area contributed by atoms with Crippen molar-refractivity contribution in [2.24, 2.45) is 0 Å². The molecule has 9 nitrogen and oxygen atoms in total. The van der Waals surface area contributed by atoms with Gasteiger partial charge in [-0.3, -0.25) is 4.79 Å². The molecule has 1 fully saturated rings. The Morgan fingerprint density at radius 2 is 2.05 bits per heavy atom. The van der Waals surface area contributed by atoms with Crippen LogP contribution in [0.4, 0.5) is 11.6 Å². The van der Waals surface area contributed by atoms with Gasteiger partial charge in [-0.25, -0.2) is 13.1 Å². The number of piperazine rings is 1. The number of nitrogens with one attached hydrogen (secondary N) is 1. The second-order valence-corrected chi connectivity index (χ2v) is 6.55. The van der Waals surface area contributed by atoms with Crippen molar-refractivity contribution in [1.29, 1.82) is 0 Å². The van der Waals surface area contributed by atoms with Gasteiger partial charge in [0.15, 0.2) is 20.6 Å². The summed E-state index contributed by atoms with van der Waals surface area (Å²) in [6.45, 7) is 2.11. The molecule has 2 rings (SSSR count). The van der Waals surface area contributed by atoms with Crippen molar-refractivity contribution < 1.29 is 18.3 Å². The van der Waals surface area contributed by atoms with Crippen molar-refractivity contribution in [3.63, 3.8) is 0 Å². The number of aliphatic carboxylic acids is 1. The normalized spacial score (nSPS) is 16.4. The molecular formula is C10H17N5O4S. The predicted molar refractivity (Wildman–Crippen MR) is 72.5 cm³/mol. The molecule has 0 amide bonds. The third-order valence-electron chi connectivity index (χ3n) is 3.00. The largest absolute Gasteiger partial charge is 0.480 e. The minimum absolute atomic E-state index is 0.0966. The number of carboxylic acids is 1. The summed E-state index contributed by atoms with van der Waals surface area (Å²) in [5.74, 6) is -1.04. The van der Waals surface area contributed by atoms with E-state index < -0.39 is 22.4 Å². The van der Waals surface area contributed by atoms with Crippen molar-refractivity contribution in [3.05, 3.63) is 0 Å². The summed E-state index contributed by atoms with van der Waals surface area (Å²) >= 11 is 0. The molecule has 1 saturated heterocycles. The van der Waals surface area contributed by atoms with Gasteiger partial charge >= 0.3 is 5.97 Å². The molecule has 0 unspecified atom stereocenters. The molecule has 0 atom stereocenters. The number of hydrogen-bond acceptors (Lipinski definition) is 7. The lowest BCUT2D eigenvalue weighted by Gasteiger charge is -2.27. The van der Waals surface area contributed by atoms with Gasteiger partial charge in [-0.2, -0.15) is 5.10 Å². The minimum Gasteiger partial charge on any atom is -0.480 e. The fraction of sp³-hybridized carbons (Fsp3) is 0.600. The number of anilines is 2. The number of aromatic nitrogens is 2. The number of rotatable bonds is 4. The Balaban J connectivity index is 2.50. The van der Waals surface area contributed by atoms with Crippen molar-refractivity contribution in [3.8, 4) is 0 Å². The van der Waals surface area contributed by atoms with Gasteiger partial charge in [0.1, 0.15) is 12.4 Å². The predicted octanol–water partition coefficient (Wildman–Crippen LogP) is -1.64. The zero-order valence-electron chi connectivity index (χ0n) is 11.0. The maximum absolute atomic E-state index is 11.9. The van der Waals surface area contributed by atoms with Crippen LogP contribution in [0, 0.1) is 0 Å². The van der Waals surface area contributed by atoms with Gasteiger partial charge < -0.3 is 21.1 Å². The van der Waals surface area contributed by atoms with E-state index in [0.29, 0.717) is 26.2 Å². The number of nitrogen functional groups attached to an aromatic ring is 1. The fourth-order valence-electron chi connectivity index (χ4n) is 2.13. The smallest absolute Gasteiger partial charge is 0.325 e. The Morgan fingerprint density at radius 1 is 1.45 bits per heavy atom. The molecule has 20 heavy (non-hydrogen) atoms.